The van der Waals surface area contributed by atoms with Gasteiger partial charge in [-0.05, 0) is 32.0 Å². The quantitative estimate of drug-likeness (QED) is 0.626. The molecule has 1 amide bonds. The first-order valence-corrected chi connectivity index (χ1v) is 10.3. The van der Waals surface area contributed by atoms with E-state index in [9.17, 15) is 4.79 Å². The van der Waals surface area contributed by atoms with Crippen molar-refractivity contribution in [2.24, 2.45) is 0 Å². The van der Waals surface area contributed by atoms with E-state index in [2.05, 4.69) is 12.1 Å². The van der Waals surface area contributed by atoms with Crippen LogP contribution in [0.15, 0.2) is 18.2 Å². The third kappa shape index (κ3) is 5.37. The predicted octanol–water partition coefficient (Wildman–Crippen LogP) is -1.38. The number of rotatable bonds is 6. The smallest absolute Gasteiger partial charge is 0.277 e. The monoisotopic (exact) mass is 393 g/mol. The molecular weight excluding hydrogens is 358 g/mol. The summed E-state index contributed by atoms with van der Waals surface area (Å²) in [6, 6.07) is 6.14. The van der Waals surface area contributed by atoms with Crippen LogP contribution in [-0.4, -0.2) is 83.0 Å². The van der Waals surface area contributed by atoms with Gasteiger partial charge in [0.05, 0.1) is 26.4 Å². The Hall–Kier alpha value is -1.83. The molecule has 2 aliphatic heterocycles. The molecule has 2 saturated heterocycles. The predicted molar refractivity (Wildman–Crippen MR) is 106 cm³/mol. The van der Waals surface area contributed by atoms with Gasteiger partial charge in [-0.3, -0.25) is 4.79 Å². The van der Waals surface area contributed by atoms with Crippen LogP contribution in [0.4, 0.5) is 0 Å². The summed E-state index contributed by atoms with van der Waals surface area (Å²) in [7, 11) is 3.33. The standard InChI is InChI=1S/C21H33N3O4/c1-16-12-24(13-17(2)28-16)21(25)15-23-9-7-22(8-10-23)14-18-5-6-19(26-3)20(11-18)27-4/h5-6,11,16-17H,7-10,12-15H2,1-4H3/p+2/t16-,17-/m1/s1. The Morgan fingerprint density at radius 3 is 2.25 bits per heavy atom. The van der Waals surface area contributed by atoms with Crippen molar-refractivity contribution in [3.05, 3.63) is 23.8 Å². The SMILES string of the molecule is COc1ccc(C[NH+]2CC[NH+](CC(=O)N3C[C@@H](C)O[C@H](C)C3)CC2)cc1OC. The van der Waals surface area contributed by atoms with E-state index in [0.29, 0.717) is 19.6 Å². The second kappa shape index (κ2) is 9.58. The van der Waals surface area contributed by atoms with Gasteiger partial charge in [0.15, 0.2) is 18.0 Å². The first-order chi connectivity index (χ1) is 13.5. The Balaban J connectivity index is 1.46. The highest BCUT2D eigenvalue weighted by molar-refractivity contribution is 5.77. The average molecular weight is 394 g/mol. The van der Waals surface area contributed by atoms with Crippen molar-refractivity contribution in [3.63, 3.8) is 0 Å². The topological polar surface area (TPSA) is 56.9 Å². The lowest BCUT2D eigenvalue weighted by Crippen LogP contribution is -3.28. The molecule has 2 fully saturated rings. The van der Waals surface area contributed by atoms with Gasteiger partial charge < -0.3 is 28.9 Å². The zero-order valence-corrected chi connectivity index (χ0v) is 17.6. The van der Waals surface area contributed by atoms with E-state index in [1.807, 2.05) is 24.8 Å². The molecule has 1 aromatic rings. The second-order valence-corrected chi connectivity index (χ2v) is 8.10. The number of hydrogen-bond donors (Lipinski definition) is 2. The first kappa shape index (κ1) is 20.9. The Labute approximate surface area is 168 Å². The fraction of sp³-hybridized carbons (Fsp3) is 0.667. The summed E-state index contributed by atoms with van der Waals surface area (Å²) in [6.07, 6.45) is 0.260. The molecule has 0 radical (unpaired) electrons. The highest BCUT2D eigenvalue weighted by Gasteiger charge is 2.30. The maximum Gasteiger partial charge on any atom is 0.277 e. The Kier molecular flexibility index (Phi) is 7.15. The number of amides is 1. The molecule has 1 aromatic carbocycles. The summed E-state index contributed by atoms with van der Waals surface area (Å²) in [5.74, 6) is 1.81. The number of quaternary nitrogens is 2. The number of methoxy groups -OCH3 is 2. The van der Waals surface area contributed by atoms with Crippen molar-refractivity contribution in [3.8, 4) is 11.5 Å². The number of ether oxygens (including phenoxy) is 3. The maximum absolute atomic E-state index is 12.7. The zero-order valence-electron chi connectivity index (χ0n) is 17.6. The molecule has 2 aliphatic rings. The summed E-state index contributed by atoms with van der Waals surface area (Å²) in [5, 5.41) is 0. The van der Waals surface area contributed by atoms with Crippen molar-refractivity contribution < 1.29 is 28.8 Å². The summed E-state index contributed by atoms with van der Waals surface area (Å²) in [5.41, 5.74) is 1.25. The number of hydrogen-bond acceptors (Lipinski definition) is 4. The number of benzene rings is 1. The molecule has 0 unspecified atom stereocenters. The van der Waals surface area contributed by atoms with Gasteiger partial charge in [-0.15, -0.1) is 0 Å². The molecular formula is C21H35N3O4+2. The van der Waals surface area contributed by atoms with Crippen LogP contribution >= 0.6 is 0 Å². The Morgan fingerprint density at radius 2 is 1.64 bits per heavy atom. The average Bonchev–Trinajstić information content (AvgIpc) is 2.68. The minimum absolute atomic E-state index is 0.130. The van der Waals surface area contributed by atoms with E-state index < -0.39 is 0 Å². The number of carbonyl (C=O) groups is 1. The fourth-order valence-electron chi connectivity index (χ4n) is 4.30. The molecule has 2 N–H and O–H groups in total. The summed E-state index contributed by atoms with van der Waals surface area (Å²) in [6.45, 7) is 11.3. The van der Waals surface area contributed by atoms with Crippen LogP contribution in [0.25, 0.3) is 0 Å². The Bertz CT molecular complexity index is 651. The van der Waals surface area contributed by atoms with Gasteiger partial charge in [-0.1, -0.05) is 0 Å². The van der Waals surface area contributed by atoms with Crippen LogP contribution in [0.2, 0.25) is 0 Å². The minimum Gasteiger partial charge on any atom is -0.493 e. The van der Waals surface area contributed by atoms with Crippen molar-refractivity contribution >= 4 is 5.91 Å². The molecule has 3 rings (SSSR count). The molecule has 2 atom stereocenters. The van der Waals surface area contributed by atoms with Crippen molar-refractivity contribution in [1.82, 2.24) is 4.90 Å². The first-order valence-electron chi connectivity index (χ1n) is 10.3. The molecule has 0 saturated carbocycles. The molecule has 28 heavy (non-hydrogen) atoms. The van der Waals surface area contributed by atoms with E-state index in [0.717, 1.165) is 44.2 Å². The van der Waals surface area contributed by atoms with Gasteiger partial charge in [-0.25, -0.2) is 0 Å². The van der Waals surface area contributed by atoms with E-state index >= 15 is 0 Å². The highest BCUT2D eigenvalue weighted by Crippen LogP contribution is 2.27. The van der Waals surface area contributed by atoms with Crippen molar-refractivity contribution in [1.29, 1.82) is 0 Å². The van der Waals surface area contributed by atoms with Crippen LogP contribution in [0.3, 0.4) is 0 Å². The fourth-order valence-corrected chi connectivity index (χ4v) is 4.30. The Morgan fingerprint density at radius 1 is 1.04 bits per heavy atom. The van der Waals surface area contributed by atoms with Crippen LogP contribution in [0.5, 0.6) is 11.5 Å². The number of morpholine rings is 1. The van der Waals surface area contributed by atoms with Gasteiger partial charge in [0.1, 0.15) is 32.7 Å². The summed E-state index contributed by atoms with van der Waals surface area (Å²) in [4.78, 5) is 17.6. The molecule has 2 heterocycles. The molecule has 7 heteroatoms. The lowest BCUT2D eigenvalue weighted by atomic mass is 10.1. The molecule has 7 nitrogen and oxygen atoms in total. The molecule has 0 spiro atoms. The third-order valence-electron chi connectivity index (χ3n) is 5.74. The number of piperazine rings is 1. The van der Waals surface area contributed by atoms with Crippen molar-refractivity contribution in [2.45, 2.75) is 32.6 Å². The van der Waals surface area contributed by atoms with Gasteiger partial charge in [-0.2, -0.15) is 0 Å². The van der Waals surface area contributed by atoms with Gasteiger partial charge in [0.25, 0.3) is 5.91 Å². The van der Waals surface area contributed by atoms with Gasteiger partial charge >= 0.3 is 0 Å². The molecule has 0 bridgehead atoms. The molecule has 0 aromatic heterocycles. The molecule has 0 aliphatic carbocycles. The summed E-state index contributed by atoms with van der Waals surface area (Å²) < 4.78 is 16.5. The van der Waals surface area contributed by atoms with E-state index in [1.54, 1.807) is 19.1 Å². The van der Waals surface area contributed by atoms with Crippen LogP contribution in [0, 0.1) is 0 Å². The normalized spacial score (nSPS) is 28.1. The van der Waals surface area contributed by atoms with Gasteiger partial charge in [0, 0.05) is 18.7 Å². The zero-order chi connectivity index (χ0) is 20.1. The minimum atomic E-state index is 0.130. The summed E-state index contributed by atoms with van der Waals surface area (Å²) >= 11 is 0. The largest absolute Gasteiger partial charge is 0.493 e. The number of carbonyl (C=O) groups excluding carboxylic acids is 1. The lowest BCUT2D eigenvalue weighted by molar-refractivity contribution is -1.02. The van der Waals surface area contributed by atoms with E-state index in [1.165, 1.54) is 10.5 Å². The molecule has 156 valence electrons. The van der Waals surface area contributed by atoms with Crippen LogP contribution in [0.1, 0.15) is 19.4 Å². The number of nitrogens with one attached hydrogen (secondary N) is 2. The lowest BCUT2D eigenvalue weighted by Gasteiger charge is -2.36. The van der Waals surface area contributed by atoms with Crippen LogP contribution < -0.4 is 19.3 Å². The number of nitrogens with zero attached hydrogens (tertiary/aromatic N) is 1. The third-order valence-corrected chi connectivity index (χ3v) is 5.74. The van der Waals surface area contributed by atoms with E-state index in [-0.39, 0.29) is 18.1 Å². The van der Waals surface area contributed by atoms with Crippen molar-refractivity contribution in [2.75, 3.05) is 60.0 Å². The highest BCUT2D eigenvalue weighted by atomic mass is 16.5. The van der Waals surface area contributed by atoms with E-state index in [4.69, 9.17) is 14.2 Å². The van der Waals surface area contributed by atoms with Gasteiger partial charge in [0.2, 0.25) is 0 Å². The second-order valence-electron chi connectivity index (χ2n) is 8.10. The van der Waals surface area contributed by atoms with Crippen LogP contribution in [-0.2, 0) is 16.1 Å². The maximum atomic E-state index is 12.7.